The minimum absolute atomic E-state index is 0.282. The molecule has 0 aromatic carbocycles. The number of H-pyrrole nitrogens is 1. The summed E-state index contributed by atoms with van der Waals surface area (Å²) in [6.45, 7) is 7.55. The maximum absolute atomic E-state index is 12.3. The third-order valence-corrected chi connectivity index (χ3v) is 5.04. The highest BCUT2D eigenvalue weighted by Gasteiger charge is 2.30. The predicted octanol–water partition coefficient (Wildman–Crippen LogP) is 1.03. The number of aromatic amines is 1. The highest BCUT2D eigenvalue weighted by molar-refractivity contribution is 7.87. The van der Waals surface area contributed by atoms with E-state index in [0.717, 1.165) is 17.7 Å². The highest BCUT2D eigenvalue weighted by atomic mass is 32.2. The molecular weight excluding hydrogens is 264 g/mol. The Morgan fingerprint density at radius 3 is 2.58 bits per heavy atom. The van der Waals surface area contributed by atoms with Crippen LogP contribution in [0.25, 0.3) is 0 Å². The standard InChI is InChI=1S/C12H22N4O2S/c1-9-4-10(2)8-16(7-9)19(17,18)14-6-12-5-13-15-11(12)3/h5,9-10,14H,4,6-8H2,1-3H3,(H,13,15). The molecule has 1 aliphatic rings. The van der Waals surface area contributed by atoms with Crippen molar-refractivity contribution in [3.63, 3.8) is 0 Å². The molecule has 1 aromatic rings. The first-order valence-corrected chi connectivity index (χ1v) is 8.06. The number of piperidine rings is 1. The Hall–Kier alpha value is -0.920. The first kappa shape index (κ1) is 14.5. The van der Waals surface area contributed by atoms with Crippen LogP contribution in [0, 0.1) is 18.8 Å². The van der Waals surface area contributed by atoms with Crippen LogP contribution in [0.2, 0.25) is 0 Å². The fourth-order valence-electron chi connectivity index (χ4n) is 2.62. The van der Waals surface area contributed by atoms with E-state index in [1.165, 1.54) is 0 Å². The number of hydrogen-bond donors (Lipinski definition) is 2. The van der Waals surface area contributed by atoms with E-state index in [2.05, 4.69) is 28.8 Å². The summed E-state index contributed by atoms with van der Waals surface area (Å²) in [5, 5.41) is 6.69. The zero-order valence-electron chi connectivity index (χ0n) is 11.7. The summed E-state index contributed by atoms with van der Waals surface area (Å²) in [5.74, 6) is 0.826. The second-order valence-electron chi connectivity index (χ2n) is 5.61. The minimum atomic E-state index is -3.40. The summed E-state index contributed by atoms with van der Waals surface area (Å²) in [5.41, 5.74) is 1.77. The summed E-state index contributed by atoms with van der Waals surface area (Å²) in [7, 11) is -3.40. The van der Waals surface area contributed by atoms with Gasteiger partial charge in [0.1, 0.15) is 0 Å². The van der Waals surface area contributed by atoms with Crippen LogP contribution in [0.1, 0.15) is 31.5 Å². The van der Waals surface area contributed by atoms with E-state index in [9.17, 15) is 8.42 Å². The molecule has 2 unspecified atom stereocenters. The van der Waals surface area contributed by atoms with Crippen LogP contribution in [0.4, 0.5) is 0 Å². The van der Waals surface area contributed by atoms with Crippen molar-refractivity contribution in [3.05, 3.63) is 17.5 Å². The van der Waals surface area contributed by atoms with E-state index < -0.39 is 10.2 Å². The van der Waals surface area contributed by atoms with Gasteiger partial charge in [-0.1, -0.05) is 13.8 Å². The summed E-state index contributed by atoms with van der Waals surface area (Å²) in [4.78, 5) is 0. The van der Waals surface area contributed by atoms with Gasteiger partial charge in [-0.25, -0.2) is 0 Å². The third kappa shape index (κ3) is 3.55. The maximum Gasteiger partial charge on any atom is 0.279 e. The van der Waals surface area contributed by atoms with Gasteiger partial charge >= 0.3 is 0 Å². The molecule has 0 saturated carbocycles. The molecule has 0 aliphatic carbocycles. The molecule has 6 nitrogen and oxygen atoms in total. The van der Waals surface area contributed by atoms with Crippen LogP contribution in [0.5, 0.6) is 0 Å². The number of nitrogens with zero attached hydrogens (tertiary/aromatic N) is 2. The lowest BCUT2D eigenvalue weighted by Crippen LogP contribution is -2.47. The van der Waals surface area contributed by atoms with E-state index in [1.54, 1.807) is 10.5 Å². The smallest absolute Gasteiger partial charge is 0.279 e. The lowest BCUT2D eigenvalue weighted by molar-refractivity contribution is 0.220. The van der Waals surface area contributed by atoms with Crippen LogP contribution >= 0.6 is 0 Å². The molecule has 2 N–H and O–H groups in total. The van der Waals surface area contributed by atoms with Crippen LogP contribution in [-0.2, 0) is 16.8 Å². The third-order valence-electron chi connectivity index (χ3n) is 3.55. The normalized spacial score (nSPS) is 25.6. The van der Waals surface area contributed by atoms with Crippen molar-refractivity contribution in [2.75, 3.05) is 13.1 Å². The SMILES string of the molecule is Cc1[nH]ncc1CNS(=O)(=O)N1CC(C)CC(C)C1. The van der Waals surface area contributed by atoms with E-state index in [0.29, 0.717) is 24.9 Å². The van der Waals surface area contributed by atoms with Gasteiger partial charge < -0.3 is 0 Å². The molecule has 2 heterocycles. The Balaban J connectivity index is 2.00. The number of aryl methyl sites for hydroxylation is 1. The van der Waals surface area contributed by atoms with Gasteiger partial charge in [0.15, 0.2) is 0 Å². The Labute approximate surface area is 114 Å². The summed E-state index contributed by atoms with van der Waals surface area (Å²) in [6, 6.07) is 0. The molecule has 1 saturated heterocycles. The van der Waals surface area contributed by atoms with Gasteiger partial charge in [-0.2, -0.15) is 22.5 Å². The van der Waals surface area contributed by atoms with Crippen molar-refractivity contribution in [3.8, 4) is 0 Å². The average molecular weight is 286 g/mol. The summed E-state index contributed by atoms with van der Waals surface area (Å²) >= 11 is 0. The van der Waals surface area contributed by atoms with Gasteiger partial charge in [-0.15, -0.1) is 0 Å². The monoisotopic (exact) mass is 286 g/mol. The molecule has 1 fully saturated rings. The van der Waals surface area contributed by atoms with Crippen LogP contribution in [0.3, 0.4) is 0 Å². The minimum Gasteiger partial charge on any atom is -0.283 e. The maximum atomic E-state index is 12.3. The first-order valence-electron chi connectivity index (χ1n) is 6.62. The van der Waals surface area contributed by atoms with Crippen molar-refractivity contribution in [1.29, 1.82) is 0 Å². The molecule has 1 aromatic heterocycles. The molecular formula is C12H22N4O2S. The fourth-order valence-corrected chi connectivity index (χ4v) is 4.04. The summed E-state index contributed by atoms with van der Waals surface area (Å²) in [6.07, 6.45) is 2.74. The average Bonchev–Trinajstić information content (AvgIpc) is 2.71. The Morgan fingerprint density at radius 1 is 1.42 bits per heavy atom. The molecule has 0 spiro atoms. The summed E-state index contributed by atoms with van der Waals surface area (Å²) < 4.78 is 28.7. The van der Waals surface area contributed by atoms with Crippen LogP contribution < -0.4 is 4.72 Å². The zero-order valence-corrected chi connectivity index (χ0v) is 12.5. The lowest BCUT2D eigenvalue weighted by Gasteiger charge is -2.33. The van der Waals surface area contributed by atoms with E-state index in [4.69, 9.17) is 0 Å². The van der Waals surface area contributed by atoms with Crippen molar-refractivity contribution < 1.29 is 8.42 Å². The van der Waals surface area contributed by atoms with Crippen molar-refractivity contribution in [2.45, 2.75) is 33.7 Å². The molecule has 2 atom stereocenters. The van der Waals surface area contributed by atoms with Gasteiger partial charge in [-0.05, 0) is 25.2 Å². The molecule has 19 heavy (non-hydrogen) atoms. The van der Waals surface area contributed by atoms with Crippen molar-refractivity contribution in [2.24, 2.45) is 11.8 Å². The van der Waals surface area contributed by atoms with Crippen molar-refractivity contribution in [1.82, 2.24) is 19.2 Å². The van der Waals surface area contributed by atoms with E-state index in [-0.39, 0.29) is 6.54 Å². The zero-order chi connectivity index (χ0) is 14.0. The first-order chi connectivity index (χ1) is 8.88. The number of rotatable bonds is 4. The van der Waals surface area contributed by atoms with Crippen LogP contribution in [0.15, 0.2) is 6.20 Å². The van der Waals surface area contributed by atoms with Gasteiger partial charge in [-0.3, -0.25) is 5.10 Å². The largest absolute Gasteiger partial charge is 0.283 e. The molecule has 7 heteroatoms. The number of nitrogens with one attached hydrogen (secondary N) is 2. The van der Waals surface area contributed by atoms with Gasteiger partial charge in [0.2, 0.25) is 0 Å². The lowest BCUT2D eigenvalue weighted by atomic mass is 9.94. The fraction of sp³-hybridized carbons (Fsp3) is 0.750. The Bertz CT molecular complexity index is 516. The molecule has 108 valence electrons. The van der Waals surface area contributed by atoms with Crippen LogP contribution in [-0.4, -0.2) is 36.0 Å². The van der Waals surface area contributed by atoms with Gasteiger partial charge in [0.05, 0.1) is 6.20 Å². The molecule has 1 aliphatic heterocycles. The molecule has 0 amide bonds. The number of aromatic nitrogens is 2. The van der Waals surface area contributed by atoms with Gasteiger partial charge in [0, 0.05) is 30.9 Å². The van der Waals surface area contributed by atoms with E-state index in [1.807, 2.05) is 6.92 Å². The molecule has 0 radical (unpaired) electrons. The second-order valence-corrected chi connectivity index (χ2v) is 7.36. The quantitative estimate of drug-likeness (QED) is 0.868. The second kappa shape index (κ2) is 5.60. The van der Waals surface area contributed by atoms with E-state index >= 15 is 0 Å². The topological polar surface area (TPSA) is 78.1 Å². The highest BCUT2D eigenvalue weighted by Crippen LogP contribution is 2.22. The molecule has 2 rings (SSSR count). The number of hydrogen-bond acceptors (Lipinski definition) is 3. The predicted molar refractivity (Wildman–Crippen MR) is 73.6 cm³/mol. The Morgan fingerprint density at radius 2 is 2.05 bits per heavy atom. The van der Waals surface area contributed by atoms with Gasteiger partial charge in [0.25, 0.3) is 10.2 Å². The van der Waals surface area contributed by atoms with Crippen molar-refractivity contribution >= 4 is 10.2 Å². The Kier molecular flexibility index (Phi) is 4.27. The molecule has 0 bridgehead atoms.